The summed E-state index contributed by atoms with van der Waals surface area (Å²) in [5, 5.41) is 9.37. The van der Waals surface area contributed by atoms with Crippen LogP contribution < -0.4 is 0 Å². The number of hydrogen-bond donors (Lipinski definition) is 2. The molecule has 0 atom stereocenters. The highest BCUT2D eigenvalue weighted by Crippen LogP contribution is 2.15. The Kier molecular flexibility index (Phi) is 3.51. The number of carbonyl (C=O) groups excluding carboxylic acids is 1. The van der Waals surface area contributed by atoms with Crippen molar-refractivity contribution in [1.82, 2.24) is 4.90 Å². The zero-order valence-electron chi connectivity index (χ0n) is 8.97. The van der Waals surface area contributed by atoms with Crippen LogP contribution in [-0.2, 0) is 0 Å². The molecule has 1 N–H and O–H groups in total. The van der Waals surface area contributed by atoms with E-state index < -0.39 is 0 Å². The molecule has 1 amide bonds. The van der Waals surface area contributed by atoms with Gasteiger partial charge in [0, 0.05) is 23.5 Å². The van der Waals surface area contributed by atoms with Crippen LogP contribution in [0.2, 0.25) is 0 Å². The second-order valence-corrected chi connectivity index (χ2v) is 4.59. The molecule has 0 aliphatic carbocycles. The van der Waals surface area contributed by atoms with Gasteiger partial charge >= 0.3 is 0 Å². The molecule has 0 spiro atoms. The third kappa shape index (κ3) is 2.57. The van der Waals surface area contributed by atoms with E-state index in [4.69, 9.17) is 0 Å². The van der Waals surface area contributed by atoms with Crippen LogP contribution in [0.25, 0.3) is 0 Å². The first-order valence-corrected chi connectivity index (χ1v) is 5.88. The Labute approximate surface area is 100 Å². The Balaban J connectivity index is 2.08. The molecule has 1 fully saturated rings. The number of rotatable bonds is 1. The minimum Gasteiger partial charge on any atom is -0.393 e. The Morgan fingerprint density at radius 2 is 2.06 bits per heavy atom. The van der Waals surface area contributed by atoms with E-state index in [1.54, 1.807) is 17.0 Å². The van der Waals surface area contributed by atoms with Gasteiger partial charge in [-0.15, -0.1) is 12.6 Å². The molecule has 1 saturated heterocycles. The van der Waals surface area contributed by atoms with Gasteiger partial charge in [0.2, 0.25) is 0 Å². The van der Waals surface area contributed by atoms with Crippen LogP contribution in [0, 0.1) is 0 Å². The molecule has 0 saturated carbocycles. The van der Waals surface area contributed by atoms with Crippen molar-refractivity contribution in [2.75, 3.05) is 13.1 Å². The van der Waals surface area contributed by atoms with E-state index in [-0.39, 0.29) is 12.0 Å². The second kappa shape index (κ2) is 4.89. The summed E-state index contributed by atoms with van der Waals surface area (Å²) in [6, 6.07) is 7.25. The number of amides is 1. The standard InChI is InChI=1S/C12H15NO2S/c14-10-4-6-13(7-5-10)12(15)9-2-1-3-11(16)8-9/h1-3,8,10,14,16H,4-7H2. The number of nitrogens with zero attached hydrogens (tertiary/aromatic N) is 1. The minimum atomic E-state index is -0.250. The van der Waals surface area contributed by atoms with E-state index in [2.05, 4.69) is 12.6 Å². The average molecular weight is 237 g/mol. The van der Waals surface area contributed by atoms with Crippen molar-refractivity contribution in [3.05, 3.63) is 29.8 Å². The number of aliphatic hydroxyl groups is 1. The number of aliphatic hydroxyl groups excluding tert-OH is 1. The van der Waals surface area contributed by atoms with Crippen molar-refractivity contribution in [3.63, 3.8) is 0 Å². The van der Waals surface area contributed by atoms with Crippen molar-refractivity contribution >= 4 is 18.5 Å². The van der Waals surface area contributed by atoms with E-state index in [1.165, 1.54) is 0 Å². The molecule has 3 nitrogen and oxygen atoms in total. The monoisotopic (exact) mass is 237 g/mol. The van der Waals surface area contributed by atoms with Crippen molar-refractivity contribution in [2.45, 2.75) is 23.8 Å². The highest BCUT2D eigenvalue weighted by Gasteiger charge is 2.22. The van der Waals surface area contributed by atoms with Gasteiger partial charge < -0.3 is 10.0 Å². The smallest absolute Gasteiger partial charge is 0.253 e. The lowest BCUT2D eigenvalue weighted by atomic mass is 10.1. The van der Waals surface area contributed by atoms with Gasteiger partial charge in [0.25, 0.3) is 5.91 Å². The Morgan fingerprint density at radius 3 is 2.69 bits per heavy atom. The molecule has 1 aliphatic rings. The van der Waals surface area contributed by atoms with Crippen molar-refractivity contribution in [1.29, 1.82) is 0 Å². The van der Waals surface area contributed by atoms with Gasteiger partial charge in [0.1, 0.15) is 0 Å². The van der Waals surface area contributed by atoms with Crippen LogP contribution in [0.1, 0.15) is 23.2 Å². The predicted octanol–water partition coefficient (Wildman–Crippen LogP) is 1.57. The average Bonchev–Trinajstić information content (AvgIpc) is 2.29. The van der Waals surface area contributed by atoms with Gasteiger partial charge in [0.15, 0.2) is 0 Å². The lowest BCUT2D eigenvalue weighted by Gasteiger charge is -2.29. The van der Waals surface area contributed by atoms with E-state index in [0.717, 1.165) is 4.90 Å². The number of thiol groups is 1. The molecule has 1 aromatic carbocycles. The maximum Gasteiger partial charge on any atom is 0.253 e. The van der Waals surface area contributed by atoms with Gasteiger partial charge in [-0.1, -0.05) is 6.07 Å². The number of likely N-dealkylation sites (tertiary alicyclic amines) is 1. The normalized spacial score (nSPS) is 17.5. The van der Waals surface area contributed by atoms with Gasteiger partial charge in [-0.3, -0.25) is 4.79 Å². The molecule has 16 heavy (non-hydrogen) atoms. The van der Waals surface area contributed by atoms with E-state index in [0.29, 0.717) is 31.5 Å². The number of piperidine rings is 1. The number of carbonyl (C=O) groups is 1. The fourth-order valence-corrected chi connectivity index (χ4v) is 2.12. The molecule has 1 aromatic rings. The first-order valence-electron chi connectivity index (χ1n) is 5.43. The molecule has 1 heterocycles. The molecule has 0 bridgehead atoms. The van der Waals surface area contributed by atoms with Crippen molar-refractivity contribution in [3.8, 4) is 0 Å². The van der Waals surface area contributed by atoms with Crippen LogP contribution in [0.3, 0.4) is 0 Å². The molecule has 2 rings (SSSR count). The Bertz CT molecular complexity index is 386. The maximum absolute atomic E-state index is 12.1. The highest BCUT2D eigenvalue weighted by molar-refractivity contribution is 7.80. The Morgan fingerprint density at radius 1 is 1.38 bits per heavy atom. The molecular weight excluding hydrogens is 222 g/mol. The maximum atomic E-state index is 12.1. The summed E-state index contributed by atoms with van der Waals surface area (Å²) in [7, 11) is 0. The first kappa shape index (κ1) is 11.5. The summed E-state index contributed by atoms with van der Waals surface area (Å²) in [6.07, 6.45) is 1.10. The van der Waals surface area contributed by atoms with Crippen LogP contribution in [0.5, 0.6) is 0 Å². The second-order valence-electron chi connectivity index (χ2n) is 4.07. The molecule has 4 heteroatoms. The SMILES string of the molecule is O=C(c1cccc(S)c1)N1CCC(O)CC1. The molecule has 1 aliphatic heterocycles. The predicted molar refractivity (Wildman–Crippen MR) is 64.8 cm³/mol. The van der Waals surface area contributed by atoms with E-state index in [9.17, 15) is 9.90 Å². The largest absolute Gasteiger partial charge is 0.393 e. The fourth-order valence-electron chi connectivity index (χ4n) is 1.89. The van der Waals surface area contributed by atoms with E-state index in [1.807, 2.05) is 12.1 Å². The topological polar surface area (TPSA) is 40.5 Å². The third-order valence-electron chi connectivity index (χ3n) is 2.84. The van der Waals surface area contributed by atoms with Gasteiger partial charge in [0.05, 0.1) is 6.10 Å². The number of benzene rings is 1. The summed E-state index contributed by atoms with van der Waals surface area (Å²) < 4.78 is 0. The molecule has 0 radical (unpaired) electrons. The minimum absolute atomic E-state index is 0.0304. The third-order valence-corrected chi connectivity index (χ3v) is 3.12. The zero-order chi connectivity index (χ0) is 11.5. The number of hydrogen-bond acceptors (Lipinski definition) is 3. The molecule has 0 aromatic heterocycles. The van der Waals surface area contributed by atoms with E-state index >= 15 is 0 Å². The van der Waals surface area contributed by atoms with Crippen LogP contribution in [0.4, 0.5) is 0 Å². The van der Waals surface area contributed by atoms with Gasteiger partial charge in [-0.2, -0.15) is 0 Å². The van der Waals surface area contributed by atoms with Crippen LogP contribution >= 0.6 is 12.6 Å². The fraction of sp³-hybridized carbons (Fsp3) is 0.417. The summed E-state index contributed by atoms with van der Waals surface area (Å²) in [4.78, 5) is 14.7. The highest BCUT2D eigenvalue weighted by atomic mass is 32.1. The first-order chi connectivity index (χ1) is 7.66. The van der Waals surface area contributed by atoms with Crippen molar-refractivity contribution in [2.24, 2.45) is 0 Å². The van der Waals surface area contributed by atoms with Crippen LogP contribution in [-0.4, -0.2) is 35.1 Å². The quantitative estimate of drug-likeness (QED) is 0.728. The lowest BCUT2D eigenvalue weighted by molar-refractivity contribution is 0.0546. The van der Waals surface area contributed by atoms with Crippen molar-refractivity contribution < 1.29 is 9.90 Å². The molecular formula is C12H15NO2S. The Hall–Kier alpha value is -1.00. The lowest BCUT2D eigenvalue weighted by Crippen LogP contribution is -2.40. The zero-order valence-corrected chi connectivity index (χ0v) is 9.86. The molecule has 86 valence electrons. The van der Waals surface area contributed by atoms with Gasteiger partial charge in [-0.05, 0) is 31.0 Å². The summed E-state index contributed by atoms with van der Waals surface area (Å²) in [5.74, 6) is 0.0304. The summed E-state index contributed by atoms with van der Waals surface area (Å²) >= 11 is 4.22. The van der Waals surface area contributed by atoms with Crippen LogP contribution in [0.15, 0.2) is 29.2 Å². The van der Waals surface area contributed by atoms with Gasteiger partial charge in [-0.25, -0.2) is 0 Å². The molecule has 0 unspecified atom stereocenters. The summed E-state index contributed by atoms with van der Waals surface area (Å²) in [6.45, 7) is 1.27. The summed E-state index contributed by atoms with van der Waals surface area (Å²) in [5.41, 5.74) is 0.670.